The van der Waals surface area contributed by atoms with Crippen molar-refractivity contribution >= 4 is 38.7 Å². The number of nitrogens with zero attached hydrogens (tertiary/aromatic N) is 2. The van der Waals surface area contributed by atoms with Crippen LogP contribution in [-0.2, 0) is 6.54 Å². The van der Waals surface area contributed by atoms with Crippen LogP contribution >= 0.6 is 32.9 Å². The van der Waals surface area contributed by atoms with Crippen molar-refractivity contribution in [1.82, 2.24) is 4.98 Å². The summed E-state index contributed by atoms with van der Waals surface area (Å²) < 4.78 is 7.96. The van der Waals surface area contributed by atoms with Gasteiger partial charge in [-0.3, -0.25) is 4.79 Å². The molecule has 25 heavy (non-hydrogen) atoms. The van der Waals surface area contributed by atoms with E-state index in [1.807, 2.05) is 60.8 Å². The lowest BCUT2D eigenvalue weighted by Gasteiger charge is -2.02. The molecule has 1 aromatic heterocycles. The molecule has 0 aliphatic rings. The van der Waals surface area contributed by atoms with Crippen molar-refractivity contribution < 1.29 is 14.1 Å². The Balaban J connectivity index is 0.00000225. The molecule has 4 nitrogen and oxygen atoms in total. The molecule has 0 amide bonds. The molecule has 0 fully saturated rings. The predicted octanol–water partition coefficient (Wildman–Crippen LogP) is 4.27. The van der Waals surface area contributed by atoms with E-state index in [2.05, 4.69) is 20.9 Å². The van der Waals surface area contributed by atoms with Gasteiger partial charge in [0.1, 0.15) is 5.75 Å². The number of benzene rings is 2. The maximum Gasteiger partial charge on any atom is 0.287 e. The van der Waals surface area contributed by atoms with Gasteiger partial charge in [0.25, 0.3) is 6.33 Å². The Morgan fingerprint density at radius 1 is 1.16 bits per heavy atom. The number of carbonyl (C=O) groups is 1. The summed E-state index contributed by atoms with van der Waals surface area (Å²) in [5.74, 6) is 0.833. The Kier molecular flexibility index (Phi) is 6.84. The molecule has 1 heterocycles. The fourth-order valence-electron chi connectivity index (χ4n) is 2.32. The van der Waals surface area contributed by atoms with Crippen LogP contribution in [0.3, 0.4) is 0 Å². The summed E-state index contributed by atoms with van der Waals surface area (Å²) in [6.45, 7) is 0.257. The van der Waals surface area contributed by atoms with E-state index >= 15 is 0 Å². The van der Waals surface area contributed by atoms with Gasteiger partial charge in [0.15, 0.2) is 12.2 Å². The molecule has 128 valence electrons. The van der Waals surface area contributed by atoms with Crippen LogP contribution in [0.15, 0.2) is 71.6 Å². The number of hydrogen-bond donors (Lipinski definition) is 0. The molecule has 0 spiro atoms. The van der Waals surface area contributed by atoms with Gasteiger partial charge in [-0.25, -0.2) is 4.57 Å². The molecule has 3 aromatic rings. The van der Waals surface area contributed by atoms with E-state index in [4.69, 9.17) is 4.74 Å². The summed E-state index contributed by atoms with van der Waals surface area (Å²) >= 11 is 3.37. The van der Waals surface area contributed by atoms with Gasteiger partial charge in [0.2, 0.25) is 5.78 Å². The van der Waals surface area contributed by atoms with E-state index in [-0.39, 0.29) is 29.3 Å². The number of ketones is 1. The first-order valence-corrected chi connectivity index (χ1v) is 8.23. The van der Waals surface area contributed by atoms with Crippen LogP contribution in [0.5, 0.6) is 5.75 Å². The fourth-order valence-corrected chi connectivity index (χ4v) is 2.59. The summed E-state index contributed by atoms with van der Waals surface area (Å²) in [5.41, 5.74) is 2.49. The second-order valence-electron chi connectivity index (χ2n) is 5.28. The van der Waals surface area contributed by atoms with E-state index in [0.717, 1.165) is 21.5 Å². The van der Waals surface area contributed by atoms with E-state index in [1.54, 1.807) is 18.0 Å². The first kappa shape index (κ1) is 19.3. The molecule has 0 radical (unpaired) electrons. The van der Waals surface area contributed by atoms with Gasteiger partial charge in [-0.1, -0.05) is 40.2 Å². The monoisotopic (exact) mass is 463 g/mol. The Bertz CT molecular complexity index is 850. The second kappa shape index (κ2) is 8.87. The summed E-state index contributed by atoms with van der Waals surface area (Å²) in [6.07, 6.45) is 3.53. The van der Waals surface area contributed by atoms with E-state index < -0.39 is 0 Å². The Morgan fingerprint density at radius 2 is 1.92 bits per heavy atom. The number of carbonyl (C=O) groups excluding carboxylic acids is 1. The zero-order valence-corrected chi connectivity index (χ0v) is 16.9. The average Bonchev–Trinajstić information content (AvgIpc) is 2.63. The third-order valence-corrected chi connectivity index (χ3v) is 4.16. The Hall–Kier alpha value is -2.05. The van der Waals surface area contributed by atoms with Crippen molar-refractivity contribution in [1.29, 1.82) is 0 Å². The minimum atomic E-state index is 0. The molecule has 0 aliphatic carbocycles. The van der Waals surface area contributed by atoms with Crippen molar-refractivity contribution in [3.05, 3.63) is 77.2 Å². The third-order valence-electron chi connectivity index (χ3n) is 3.63. The number of ether oxygens (including phenoxy) is 1. The van der Waals surface area contributed by atoms with Crippen LogP contribution in [0.25, 0.3) is 11.3 Å². The largest absolute Gasteiger partial charge is 0.497 e. The average molecular weight is 465 g/mol. The van der Waals surface area contributed by atoms with Crippen LogP contribution < -0.4 is 9.30 Å². The van der Waals surface area contributed by atoms with Crippen LogP contribution in [0.4, 0.5) is 0 Å². The van der Waals surface area contributed by atoms with Crippen LogP contribution in [0.2, 0.25) is 0 Å². The van der Waals surface area contributed by atoms with Gasteiger partial charge in [0, 0.05) is 21.7 Å². The highest BCUT2D eigenvalue weighted by Gasteiger charge is 2.12. The summed E-state index contributed by atoms with van der Waals surface area (Å²) in [6, 6.07) is 17.0. The van der Waals surface area contributed by atoms with Crippen molar-refractivity contribution in [2.75, 3.05) is 7.11 Å². The molecule has 0 unspecified atom stereocenters. The van der Waals surface area contributed by atoms with E-state index in [0.29, 0.717) is 5.56 Å². The van der Waals surface area contributed by atoms with Crippen LogP contribution in [0, 0.1) is 0 Å². The molecule has 0 aliphatic heterocycles. The minimum absolute atomic E-state index is 0. The highest BCUT2D eigenvalue weighted by Crippen LogP contribution is 2.21. The highest BCUT2D eigenvalue weighted by molar-refractivity contribution is 9.10. The van der Waals surface area contributed by atoms with Gasteiger partial charge >= 0.3 is 0 Å². The van der Waals surface area contributed by atoms with Crippen LogP contribution in [0.1, 0.15) is 10.4 Å². The summed E-state index contributed by atoms with van der Waals surface area (Å²) in [7, 11) is 1.64. The summed E-state index contributed by atoms with van der Waals surface area (Å²) in [5, 5.41) is 0. The first-order valence-electron chi connectivity index (χ1n) is 7.44. The molecule has 0 bridgehead atoms. The predicted molar refractivity (Wildman–Crippen MR) is 105 cm³/mol. The number of hydrogen-bond acceptors (Lipinski definition) is 3. The third kappa shape index (κ3) is 4.96. The van der Waals surface area contributed by atoms with Crippen molar-refractivity contribution in [3.8, 4) is 17.0 Å². The lowest BCUT2D eigenvalue weighted by Crippen LogP contribution is -2.37. The normalized spacial score (nSPS) is 10.0. The minimum Gasteiger partial charge on any atom is -0.497 e. The molecule has 6 heteroatoms. The van der Waals surface area contributed by atoms with Gasteiger partial charge < -0.3 is 4.74 Å². The van der Waals surface area contributed by atoms with Crippen molar-refractivity contribution in [3.63, 3.8) is 0 Å². The summed E-state index contributed by atoms with van der Waals surface area (Å²) in [4.78, 5) is 16.7. The molecule has 0 atom stereocenters. The van der Waals surface area contributed by atoms with Gasteiger partial charge in [-0.2, -0.15) is 0 Å². The number of Topliss-reactive ketones (excluding diaryl/α,β-unsaturated/α-hetero) is 1. The van der Waals surface area contributed by atoms with Crippen LogP contribution in [-0.4, -0.2) is 17.9 Å². The van der Waals surface area contributed by atoms with Crippen molar-refractivity contribution in [2.45, 2.75) is 6.54 Å². The lowest BCUT2D eigenvalue weighted by molar-refractivity contribution is -0.686. The SMILES string of the molecule is Br.COc1cccc(-c2cc[n+](CC(=O)c3ccc(Br)cc3)cn2)c1. The maximum atomic E-state index is 12.3. The number of methoxy groups -OCH3 is 1. The number of halogens is 2. The van der Waals surface area contributed by atoms with Gasteiger partial charge in [-0.15, -0.1) is 17.0 Å². The zero-order chi connectivity index (χ0) is 16.9. The number of aromatic nitrogens is 2. The van der Waals surface area contributed by atoms with E-state index in [9.17, 15) is 4.79 Å². The van der Waals surface area contributed by atoms with E-state index in [1.165, 1.54) is 0 Å². The zero-order valence-electron chi connectivity index (χ0n) is 13.6. The quantitative estimate of drug-likeness (QED) is 0.418. The topological polar surface area (TPSA) is 43.1 Å². The molecular weight excluding hydrogens is 448 g/mol. The fraction of sp³-hybridized carbons (Fsp3) is 0.105. The second-order valence-corrected chi connectivity index (χ2v) is 6.20. The lowest BCUT2D eigenvalue weighted by atomic mass is 10.1. The Morgan fingerprint density at radius 3 is 2.56 bits per heavy atom. The Labute approximate surface area is 165 Å². The molecule has 2 aromatic carbocycles. The standard InChI is InChI=1S/C19H16BrN2O2.BrH/c1-24-17-4-2-3-15(11-17)18-9-10-22(13-21-18)12-19(23)14-5-7-16(20)8-6-14;/h2-11,13H,12H2,1H3;1H/q+1;. The van der Waals surface area contributed by atoms with Crippen molar-refractivity contribution in [2.24, 2.45) is 0 Å². The number of rotatable bonds is 5. The molecular formula is C19H17Br2N2O2+. The molecule has 0 N–H and O–H groups in total. The first-order chi connectivity index (χ1) is 11.7. The highest BCUT2D eigenvalue weighted by atomic mass is 79.9. The molecule has 0 saturated carbocycles. The smallest absolute Gasteiger partial charge is 0.287 e. The molecule has 0 saturated heterocycles. The molecule has 3 rings (SSSR count). The van der Waals surface area contributed by atoms with Gasteiger partial charge in [-0.05, 0) is 29.2 Å². The van der Waals surface area contributed by atoms with Gasteiger partial charge in [0.05, 0.1) is 13.3 Å². The maximum absolute atomic E-state index is 12.3.